The van der Waals surface area contributed by atoms with Crippen LogP contribution in [0.25, 0.3) is 0 Å². The second kappa shape index (κ2) is 8.08. The molecular weight excluding hydrogens is 334 g/mol. The van der Waals surface area contributed by atoms with Crippen LogP contribution in [0.3, 0.4) is 0 Å². The second-order valence-electron chi connectivity index (χ2n) is 5.33. The highest BCUT2D eigenvalue weighted by atomic mass is 79.9. The molecule has 110 valence electrons. The van der Waals surface area contributed by atoms with Crippen LogP contribution in [-0.4, -0.2) is 29.6 Å². The van der Waals surface area contributed by atoms with Crippen LogP contribution in [-0.2, 0) is 4.79 Å². The molecule has 0 aliphatic heterocycles. The maximum atomic E-state index is 12.2. The zero-order valence-electron chi connectivity index (χ0n) is 12.0. The van der Waals surface area contributed by atoms with Gasteiger partial charge in [-0.2, -0.15) is 0 Å². The molecule has 0 heterocycles. The zero-order chi connectivity index (χ0) is 14.4. The first-order valence-electron chi connectivity index (χ1n) is 7.31. The van der Waals surface area contributed by atoms with E-state index >= 15 is 0 Å². The van der Waals surface area contributed by atoms with Gasteiger partial charge in [-0.1, -0.05) is 31.4 Å². The highest BCUT2D eigenvalue weighted by molar-refractivity contribution is 9.10. The summed E-state index contributed by atoms with van der Waals surface area (Å²) in [5.41, 5.74) is 0. The van der Waals surface area contributed by atoms with Crippen LogP contribution < -0.4 is 0 Å². The third-order valence-electron chi connectivity index (χ3n) is 3.93. The molecule has 1 aliphatic rings. The lowest BCUT2D eigenvalue weighted by molar-refractivity contribution is -0.132. The fraction of sp³-hybridized carbons (Fsp3) is 0.562. The van der Waals surface area contributed by atoms with Crippen molar-refractivity contribution in [2.45, 2.75) is 49.5 Å². The van der Waals surface area contributed by atoms with Crippen molar-refractivity contribution in [1.82, 2.24) is 4.90 Å². The Morgan fingerprint density at radius 1 is 1.30 bits per heavy atom. The molecule has 0 N–H and O–H groups in total. The van der Waals surface area contributed by atoms with Crippen LogP contribution in [0.1, 0.15) is 38.5 Å². The lowest BCUT2D eigenvalue weighted by Crippen LogP contribution is -2.38. The van der Waals surface area contributed by atoms with Crippen LogP contribution in [0.2, 0.25) is 0 Å². The molecule has 20 heavy (non-hydrogen) atoms. The van der Waals surface area contributed by atoms with E-state index in [0.717, 1.165) is 10.2 Å². The first-order valence-corrected chi connectivity index (χ1v) is 9.09. The third-order valence-corrected chi connectivity index (χ3v) is 5.96. The van der Waals surface area contributed by atoms with Gasteiger partial charge in [0.05, 0.1) is 0 Å². The van der Waals surface area contributed by atoms with Gasteiger partial charge in [-0.3, -0.25) is 4.79 Å². The van der Waals surface area contributed by atoms with Crippen LogP contribution >= 0.6 is 27.7 Å². The molecule has 0 aromatic heterocycles. The minimum absolute atomic E-state index is 0.288. The van der Waals surface area contributed by atoms with Gasteiger partial charge in [0.15, 0.2) is 0 Å². The summed E-state index contributed by atoms with van der Waals surface area (Å²) in [7, 11) is 1.97. The van der Waals surface area contributed by atoms with Crippen molar-refractivity contribution in [1.29, 1.82) is 0 Å². The normalized spacial score (nSPS) is 16.1. The van der Waals surface area contributed by atoms with Gasteiger partial charge in [0, 0.05) is 34.6 Å². The van der Waals surface area contributed by atoms with E-state index in [1.807, 2.05) is 30.1 Å². The number of benzene rings is 1. The molecule has 0 unspecified atom stereocenters. The molecule has 2 rings (SSSR count). The largest absolute Gasteiger partial charge is 0.343 e. The second-order valence-corrected chi connectivity index (χ2v) is 7.32. The van der Waals surface area contributed by atoms with E-state index in [1.165, 1.54) is 37.0 Å². The maximum absolute atomic E-state index is 12.2. The summed E-state index contributed by atoms with van der Waals surface area (Å²) in [5, 5.41) is 0. The van der Waals surface area contributed by atoms with Gasteiger partial charge in [0.25, 0.3) is 0 Å². The van der Waals surface area contributed by atoms with E-state index < -0.39 is 0 Å². The monoisotopic (exact) mass is 355 g/mol. The minimum Gasteiger partial charge on any atom is -0.343 e. The van der Waals surface area contributed by atoms with E-state index in [9.17, 15) is 4.79 Å². The molecule has 0 spiro atoms. The Labute approximate surface area is 134 Å². The van der Waals surface area contributed by atoms with Crippen molar-refractivity contribution in [2.24, 2.45) is 0 Å². The van der Waals surface area contributed by atoms with E-state index in [0.29, 0.717) is 12.5 Å². The topological polar surface area (TPSA) is 20.3 Å². The Hall–Kier alpha value is -0.480. The molecule has 0 bridgehead atoms. The number of hydrogen-bond donors (Lipinski definition) is 0. The van der Waals surface area contributed by atoms with Crippen molar-refractivity contribution in [3.63, 3.8) is 0 Å². The van der Waals surface area contributed by atoms with Gasteiger partial charge in [-0.15, -0.1) is 11.8 Å². The number of carbonyl (C=O) groups excluding carboxylic acids is 1. The molecule has 1 fully saturated rings. The summed E-state index contributed by atoms with van der Waals surface area (Å²) in [6.07, 6.45) is 6.86. The van der Waals surface area contributed by atoms with E-state index in [1.54, 1.807) is 11.8 Å². The summed E-state index contributed by atoms with van der Waals surface area (Å²) in [6, 6.07) is 8.64. The van der Waals surface area contributed by atoms with E-state index in [4.69, 9.17) is 0 Å². The molecule has 4 heteroatoms. The fourth-order valence-corrected chi connectivity index (χ4v) is 4.16. The van der Waals surface area contributed by atoms with Crippen LogP contribution in [0.5, 0.6) is 0 Å². The Morgan fingerprint density at radius 3 is 2.70 bits per heavy atom. The molecule has 1 amide bonds. The molecule has 1 aromatic rings. The molecular formula is C16H22BrNOS. The number of halogens is 1. The zero-order valence-corrected chi connectivity index (χ0v) is 14.4. The summed E-state index contributed by atoms with van der Waals surface area (Å²) in [5.74, 6) is 1.13. The first-order chi connectivity index (χ1) is 9.68. The molecule has 0 radical (unpaired) electrons. The van der Waals surface area contributed by atoms with Crippen molar-refractivity contribution in [2.75, 3.05) is 12.8 Å². The van der Waals surface area contributed by atoms with Crippen LogP contribution in [0, 0.1) is 0 Å². The van der Waals surface area contributed by atoms with Gasteiger partial charge < -0.3 is 4.90 Å². The summed E-state index contributed by atoms with van der Waals surface area (Å²) < 4.78 is 1.11. The molecule has 1 aliphatic carbocycles. The highest BCUT2D eigenvalue weighted by Crippen LogP contribution is 2.28. The van der Waals surface area contributed by atoms with Gasteiger partial charge in [-0.05, 0) is 40.9 Å². The Kier molecular flexibility index (Phi) is 6.43. The molecule has 0 atom stereocenters. The van der Waals surface area contributed by atoms with Crippen molar-refractivity contribution in [3.8, 4) is 0 Å². The lowest BCUT2D eigenvalue weighted by atomic mass is 9.94. The van der Waals surface area contributed by atoms with Gasteiger partial charge in [0.2, 0.25) is 5.91 Å². The van der Waals surface area contributed by atoms with Crippen molar-refractivity contribution < 1.29 is 4.79 Å². The summed E-state index contributed by atoms with van der Waals surface area (Å²) in [4.78, 5) is 15.4. The van der Waals surface area contributed by atoms with Gasteiger partial charge in [-0.25, -0.2) is 0 Å². The lowest BCUT2D eigenvalue weighted by Gasteiger charge is -2.31. The third kappa shape index (κ3) is 4.52. The number of rotatable bonds is 5. The highest BCUT2D eigenvalue weighted by Gasteiger charge is 2.21. The Balaban J connectivity index is 1.76. The number of carbonyl (C=O) groups is 1. The van der Waals surface area contributed by atoms with E-state index in [2.05, 4.69) is 22.0 Å². The number of thioether (sulfide) groups is 1. The van der Waals surface area contributed by atoms with Gasteiger partial charge >= 0.3 is 0 Å². The quantitative estimate of drug-likeness (QED) is 0.712. The number of nitrogens with zero attached hydrogens (tertiary/aromatic N) is 1. The van der Waals surface area contributed by atoms with Crippen LogP contribution in [0.15, 0.2) is 33.6 Å². The van der Waals surface area contributed by atoms with Crippen LogP contribution in [0.4, 0.5) is 0 Å². The standard InChI is InChI=1S/C16H22BrNOS/c1-18(13-7-3-2-4-8-13)16(19)11-12-20-15-10-6-5-9-14(15)17/h5-6,9-10,13H,2-4,7-8,11-12H2,1H3. The number of amides is 1. The molecule has 1 aromatic carbocycles. The molecule has 0 saturated heterocycles. The van der Waals surface area contributed by atoms with Crippen molar-refractivity contribution in [3.05, 3.63) is 28.7 Å². The predicted octanol–water partition coefficient (Wildman–Crippen LogP) is 4.72. The Morgan fingerprint density at radius 2 is 2.00 bits per heavy atom. The smallest absolute Gasteiger partial charge is 0.223 e. The summed E-state index contributed by atoms with van der Waals surface area (Å²) >= 11 is 5.28. The average molecular weight is 356 g/mol. The number of hydrogen-bond acceptors (Lipinski definition) is 2. The summed E-state index contributed by atoms with van der Waals surface area (Å²) in [6.45, 7) is 0. The SMILES string of the molecule is CN(C(=O)CCSc1ccccc1Br)C1CCCCC1. The van der Waals surface area contributed by atoms with E-state index in [-0.39, 0.29) is 5.91 Å². The average Bonchev–Trinajstić information content (AvgIpc) is 2.49. The predicted molar refractivity (Wildman–Crippen MR) is 89.1 cm³/mol. The molecule has 2 nitrogen and oxygen atoms in total. The minimum atomic E-state index is 0.288. The molecule has 1 saturated carbocycles. The first kappa shape index (κ1) is 15.9. The van der Waals surface area contributed by atoms with Gasteiger partial charge in [0.1, 0.15) is 0 Å². The van der Waals surface area contributed by atoms with Crippen molar-refractivity contribution >= 4 is 33.6 Å². The maximum Gasteiger partial charge on any atom is 0.223 e. The Bertz CT molecular complexity index is 446. The fourth-order valence-electron chi connectivity index (χ4n) is 2.66.